The molecule has 5 heteroatoms. The maximum absolute atomic E-state index is 5.79. The molecule has 2 unspecified atom stereocenters. The van der Waals surface area contributed by atoms with Crippen molar-refractivity contribution in [1.82, 2.24) is 15.0 Å². The highest BCUT2D eigenvalue weighted by Gasteiger charge is 2.26. The molecule has 1 aromatic rings. The van der Waals surface area contributed by atoms with E-state index in [-0.39, 0.29) is 0 Å². The van der Waals surface area contributed by atoms with Crippen LogP contribution in [-0.2, 0) is 13.0 Å². The van der Waals surface area contributed by atoms with Crippen LogP contribution in [0.5, 0.6) is 0 Å². The quantitative estimate of drug-likeness (QED) is 0.880. The summed E-state index contributed by atoms with van der Waals surface area (Å²) in [5.74, 6) is 2.72. The first-order chi connectivity index (χ1) is 9.08. The van der Waals surface area contributed by atoms with Crippen molar-refractivity contribution in [2.75, 3.05) is 13.1 Å². The van der Waals surface area contributed by atoms with Crippen LogP contribution in [0.2, 0.25) is 0 Å². The average Bonchev–Trinajstić information content (AvgIpc) is 2.78. The van der Waals surface area contributed by atoms with Gasteiger partial charge in [0, 0.05) is 19.0 Å². The third-order valence-corrected chi connectivity index (χ3v) is 3.88. The normalized spacial score (nSPS) is 25.1. The summed E-state index contributed by atoms with van der Waals surface area (Å²) in [4.78, 5) is 6.89. The van der Waals surface area contributed by atoms with Gasteiger partial charge in [-0.25, -0.2) is 0 Å². The lowest BCUT2D eigenvalue weighted by Crippen LogP contribution is -2.43. The van der Waals surface area contributed by atoms with Gasteiger partial charge in [-0.05, 0) is 38.1 Å². The Labute approximate surface area is 115 Å². The number of hydrogen-bond acceptors (Lipinski definition) is 5. The van der Waals surface area contributed by atoms with Gasteiger partial charge in [0.05, 0.1) is 6.54 Å². The molecule has 2 atom stereocenters. The summed E-state index contributed by atoms with van der Waals surface area (Å²) >= 11 is 0. The summed E-state index contributed by atoms with van der Waals surface area (Å²) in [5.41, 5.74) is 5.79. The van der Waals surface area contributed by atoms with Crippen molar-refractivity contribution in [3.63, 3.8) is 0 Å². The summed E-state index contributed by atoms with van der Waals surface area (Å²) in [6.07, 6.45) is 3.32. The molecule has 2 rings (SSSR count). The lowest BCUT2D eigenvalue weighted by Gasteiger charge is -2.36. The van der Waals surface area contributed by atoms with E-state index in [0.29, 0.717) is 17.9 Å². The van der Waals surface area contributed by atoms with Gasteiger partial charge < -0.3 is 10.3 Å². The zero-order valence-electron chi connectivity index (χ0n) is 12.3. The number of nitrogens with zero attached hydrogens (tertiary/aromatic N) is 3. The molecule has 0 aliphatic carbocycles. The van der Waals surface area contributed by atoms with E-state index in [4.69, 9.17) is 10.3 Å². The minimum absolute atomic E-state index is 0.556. The molecule has 2 heterocycles. The number of piperidine rings is 1. The van der Waals surface area contributed by atoms with Crippen LogP contribution in [0.4, 0.5) is 0 Å². The minimum Gasteiger partial charge on any atom is -0.338 e. The van der Waals surface area contributed by atoms with Gasteiger partial charge in [-0.3, -0.25) is 4.90 Å². The molecule has 19 heavy (non-hydrogen) atoms. The molecule has 1 aromatic heterocycles. The highest BCUT2D eigenvalue weighted by molar-refractivity contribution is 4.89. The molecule has 0 aromatic carbocycles. The first kappa shape index (κ1) is 14.5. The van der Waals surface area contributed by atoms with Crippen LogP contribution < -0.4 is 5.73 Å². The second-order valence-corrected chi connectivity index (χ2v) is 6.16. The van der Waals surface area contributed by atoms with E-state index in [1.165, 1.54) is 12.8 Å². The van der Waals surface area contributed by atoms with Crippen LogP contribution in [0.25, 0.3) is 0 Å². The van der Waals surface area contributed by atoms with Crippen LogP contribution >= 0.6 is 0 Å². The second kappa shape index (κ2) is 6.48. The van der Waals surface area contributed by atoms with Crippen LogP contribution in [-0.4, -0.2) is 34.2 Å². The fourth-order valence-corrected chi connectivity index (χ4v) is 2.65. The molecule has 0 spiro atoms. The molecule has 1 saturated heterocycles. The molecule has 1 aliphatic heterocycles. The lowest BCUT2D eigenvalue weighted by molar-refractivity contribution is 0.100. The molecule has 0 amide bonds. The molecule has 2 N–H and O–H groups in total. The van der Waals surface area contributed by atoms with E-state index in [2.05, 4.69) is 35.8 Å². The minimum atomic E-state index is 0.556. The SMILES string of the molecule is CC(C)Cc1noc(CN2CC(CN)CCC2C)n1. The Morgan fingerprint density at radius 1 is 1.42 bits per heavy atom. The van der Waals surface area contributed by atoms with E-state index in [1.807, 2.05) is 0 Å². The predicted molar refractivity (Wildman–Crippen MR) is 74.5 cm³/mol. The zero-order chi connectivity index (χ0) is 13.8. The summed E-state index contributed by atoms with van der Waals surface area (Å²) in [6, 6.07) is 0.572. The maximum atomic E-state index is 5.79. The van der Waals surface area contributed by atoms with Gasteiger partial charge in [0.2, 0.25) is 5.89 Å². The van der Waals surface area contributed by atoms with Crippen LogP contribution in [0, 0.1) is 11.8 Å². The molecule has 108 valence electrons. The Balaban J connectivity index is 1.93. The van der Waals surface area contributed by atoms with Gasteiger partial charge >= 0.3 is 0 Å². The fourth-order valence-electron chi connectivity index (χ4n) is 2.65. The Hall–Kier alpha value is -0.940. The summed E-state index contributed by atoms with van der Waals surface area (Å²) < 4.78 is 5.35. The number of hydrogen-bond donors (Lipinski definition) is 1. The zero-order valence-corrected chi connectivity index (χ0v) is 12.3. The molecule has 1 fully saturated rings. The van der Waals surface area contributed by atoms with E-state index in [9.17, 15) is 0 Å². The Morgan fingerprint density at radius 2 is 2.21 bits per heavy atom. The second-order valence-electron chi connectivity index (χ2n) is 6.16. The highest BCUT2D eigenvalue weighted by Crippen LogP contribution is 2.22. The average molecular weight is 266 g/mol. The number of nitrogens with two attached hydrogens (primary N) is 1. The van der Waals surface area contributed by atoms with Crippen molar-refractivity contribution in [2.45, 2.75) is 52.6 Å². The summed E-state index contributed by atoms with van der Waals surface area (Å²) in [5, 5.41) is 4.05. The van der Waals surface area contributed by atoms with Crippen molar-refractivity contribution in [3.05, 3.63) is 11.7 Å². The van der Waals surface area contributed by atoms with E-state index >= 15 is 0 Å². The van der Waals surface area contributed by atoms with Crippen molar-refractivity contribution in [2.24, 2.45) is 17.6 Å². The summed E-state index contributed by atoms with van der Waals surface area (Å²) in [6.45, 7) is 9.15. The first-order valence-corrected chi connectivity index (χ1v) is 7.34. The number of rotatable bonds is 5. The smallest absolute Gasteiger partial charge is 0.240 e. The third kappa shape index (κ3) is 4.01. The van der Waals surface area contributed by atoms with Crippen LogP contribution in [0.15, 0.2) is 4.52 Å². The molecule has 0 bridgehead atoms. The Kier molecular flexibility index (Phi) is 4.93. The molecule has 5 nitrogen and oxygen atoms in total. The first-order valence-electron chi connectivity index (χ1n) is 7.34. The number of likely N-dealkylation sites (tertiary alicyclic amines) is 1. The van der Waals surface area contributed by atoms with Gasteiger partial charge in [-0.15, -0.1) is 0 Å². The predicted octanol–water partition coefficient (Wildman–Crippen LogP) is 1.83. The van der Waals surface area contributed by atoms with Gasteiger partial charge in [-0.1, -0.05) is 19.0 Å². The maximum Gasteiger partial charge on any atom is 0.240 e. The lowest BCUT2D eigenvalue weighted by atomic mass is 9.93. The van der Waals surface area contributed by atoms with E-state index < -0.39 is 0 Å². The van der Waals surface area contributed by atoms with Crippen molar-refractivity contribution in [3.8, 4) is 0 Å². The van der Waals surface area contributed by atoms with Gasteiger partial charge in [0.15, 0.2) is 5.82 Å². The standard InChI is InChI=1S/C14H26N4O/c1-10(2)6-13-16-14(19-17-13)9-18-8-12(7-15)5-4-11(18)3/h10-12H,4-9,15H2,1-3H3. The van der Waals surface area contributed by atoms with Gasteiger partial charge in [0.1, 0.15) is 0 Å². The highest BCUT2D eigenvalue weighted by atomic mass is 16.5. The van der Waals surface area contributed by atoms with Gasteiger partial charge in [0.25, 0.3) is 0 Å². The van der Waals surface area contributed by atoms with Crippen molar-refractivity contribution in [1.29, 1.82) is 0 Å². The molecule has 0 radical (unpaired) electrons. The van der Waals surface area contributed by atoms with Gasteiger partial charge in [-0.2, -0.15) is 4.98 Å². The molecule has 1 aliphatic rings. The summed E-state index contributed by atoms with van der Waals surface area (Å²) in [7, 11) is 0. The molecular formula is C14H26N4O. The third-order valence-electron chi connectivity index (χ3n) is 3.88. The Morgan fingerprint density at radius 3 is 2.89 bits per heavy atom. The van der Waals surface area contributed by atoms with Crippen LogP contribution in [0.1, 0.15) is 45.3 Å². The van der Waals surface area contributed by atoms with Crippen molar-refractivity contribution >= 4 is 0 Å². The molecule has 0 saturated carbocycles. The molecular weight excluding hydrogens is 240 g/mol. The van der Waals surface area contributed by atoms with E-state index in [1.54, 1.807) is 0 Å². The largest absolute Gasteiger partial charge is 0.338 e. The van der Waals surface area contributed by atoms with Crippen molar-refractivity contribution < 1.29 is 4.52 Å². The number of aromatic nitrogens is 2. The monoisotopic (exact) mass is 266 g/mol. The fraction of sp³-hybridized carbons (Fsp3) is 0.857. The van der Waals surface area contributed by atoms with E-state index in [0.717, 1.165) is 37.8 Å². The topological polar surface area (TPSA) is 68.2 Å². The van der Waals surface area contributed by atoms with Crippen LogP contribution in [0.3, 0.4) is 0 Å². The Bertz CT molecular complexity index is 391.